The van der Waals surface area contributed by atoms with Crippen molar-refractivity contribution in [1.29, 1.82) is 0 Å². The monoisotopic (exact) mass is 482 g/mol. The van der Waals surface area contributed by atoms with Gasteiger partial charge in [0, 0.05) is 25.3 Å². The molecule has 2 aromatic rings. The highest BCUT2D eigenvalue weighted by Crippen LogP contribution is 2.48. The van der Waals surface area contributed by atoms with E-state index in [9.17, 15) is 14.7 Å². The Labute approximate surface area is 206 Å². The molecule has 0 radical (unpaired) electrons. The van der Waals surface area contributed by atoms with Crippen LogP contribution in [0.2, 0.25) is 0 Å². The van der Waals surface area contributed by atoms with Gasteiger partial charge in [-0.2, -0.15) is 0 Å². The Bertz CT molecular complexity index is 958. The lowest BCUT2D eigenvalue weighted by atomic mass is 9.97. The summed E-state index contributed by atoms with van der Waals surface area (Å²) in [6, 6.07) is 19.6. The van der Waals surface area contributed by atoms with Crippen LogP contribution >= 0.6 is 11.8 Å². The Morgan fingerprint density at radius 2 is 1.65 bits per heavy atom. The molecule has 2 aliphatic rings. The molecule has 0 spiro atoms. The molecule has 2 saturated heterocycles. The van der Waals surface area contributed by atoms with E-state index in [2.05, 4.69) is 0 Å². The van der Waals surface area contributed by atoms with E-state index in [0.717, 1.165) is 17.5 Å². The van der Waals surface area contributed by atoms with Crippen LogP contribution in [0.3, 0.4) is 0 Å². The number of benzene rings is 2. The third-order valence-electron chi connectivity index (χ3n) is 6.58. The number of fused-ring (bicyclic) bond motifs is 1. The normalized spacial score (nSPS) is 23.9. The number of rotatable bonds is 11. The van der Waals surface area contributed by atoms with E-state index in [1.165, 1.54) is 0 Å². The number of nitrogens with zero attached hydrogens (tertiary/aromatic N) is 2. The number of amides is 2. The van der Waals surface area contributed by atoms with E-state index in [-0.39, 0.29) is 24.1 Å². The predicted octanol–water partition coefficient (Wildman–Crippen LogP) is 4.81. The van der Waals surface area contributed by atoms with Crippen LogP contribution in [0.5, 0.6) is 0 Å². The summed E-state index contributed by atoms with van der Waals surface area (Å²) >= 11 is 1.54. The minimum atomic E-state index is -1.03. The number of carbonyl (C=O) groups excluding carboxylic acids is 2. The van der Waals surface area contributed by atoms with Crippen LogP contribution in [0.15, 0.2) is 60.7 Å². The fourth-order valence-electron chi connectivity index (χ4n) is 4.91. The van der Waals surface area contributed by atoms with Crippen molar-refractivity contribution >= 4 is 23.8 Å². The molecule has 2 amide bonds. The number of thioether (sulfide) groups is 1. The van der Waals surface area contributed by atoms with Gasteiger partial charge in [-0.15, -0.1) is 11.8 Å². The van der Waals surface area contributed by atoms with Crippen molar-refractivity contribution in [3.05, 3.63) is 71.8 Å². The molecule has 0 aliphatic carbocycles. The Balaban J connectivity index is 1.48. The number of esters is 1. The molecule has 0 saturated carbocycles. The Hall–Kier alpha value is -2.51. The fourth-order valence-corrected chi connectivity index (χ4v) is 6.48. The van der Waals surface area contributed by atoms with E-state index in [1.54, 1.807) is 11.8 Å². The van der Waals surface area contributed by atoms with Crippen LogP contribution < -0.4 is 0 Å². The first-order valence-electron chi connectivity index (χ1n) is 12.2. The Kier molecular flexibility index (Phi) is 8.16. The number of hydrogen-bond acceptors (Lipinski definition) is 5. The smallest absolute Gasteiger partial charge is 0.321 e. The lowest BCUT2D eigenvalue weighted by Crippen LogP contribution is -2.48. The van der Waals surface area contributed by atoms with E-state index in [0.29, 0.717) is 51.1 Å². The third-order valence-corrected chi connectivity index (χ3v) is 8.04. The molecule has 1 unspecified atom stereocenters. The number of unbranched alkanes of at least 4 members (excludes halogenated alkanes) is 1. The molecule has 34 heavy (non-hydrogen) atoms. The standard InChI is InChI=1S/C27H34N2O4S/c1-2-17-33-24(30)15-9-10-16-27(32)25-23(20-34-27)28(18-21-11-5-3-6-12-21)26(31)29(25)19-22-13-7-4-8-14-22/h3-8,11-14,23,25,32H,2,9-10,15-20H2,1H3/t23-,25-,27?/m1/s1. The minimum Gasteiger partial charge on any atom is -0.466 e. The molecule has 2 heterocycles. The van der Waals surface area contributed by atoms with E-state index < -0.39 is 4.93 Å². The second-order valence-electron chi connectivity index (χ2n) is 9.11. The van der Waals surface area contributed by atoms with E-state index >= 15 is 0 Å². The van der Waals surface area contributed by atoms with Crippen LogP contribution in [0.25, 0.3) is 0 Å². The van der Waals surface area contributed by atoms with Gasteiger partial charge in [0.25, 0.3) is 0 Å². The first-order valence-corrected chi connectivity index (χ1v) is 13.2. The van der Waals surface area contributed by atoms with Gasteiger partial charge < -0.3 is 19.6 Å². The van der Waals surface area contributed by atoms with Crippen molar-refractivity contribution in [3.8, 4) is 0 Å². The quantitative estimate of drug-likeness (QED) is 0.283. The number of carbonyl (C=O) groups is 2. The average Bonchev–Trinajstić information content (AvgIpc) is 3.32. The molecule has 7 heteroatoms. The van der Waals surface area contributed by atoms with E-state index in [4.69, 9.17) is 4.74 Å². The van der Waals surface area contributed by atoms with Gasteiger partial charge in [-0.25, -0.2) is 4.79 Å². The van der Waals surface area contributed by atoms with Gasteiger partial charge in [0.15, 0.2) is 0 Å². The summed E-state index contributed by atoms with van der Waals surface area (Å²) in [6.07, 6.45) is 3.10. The zero-order valence-electron chi connectivity index (χ0n) is 19.8. The summed E-state index contributed by atoms with van der Waals surface area (Å²) < 4.78 is 5.16. The van der Waals surface area contributed by atoms with Gasteiger partial charge in [-0.1, -0.05) is 67.6 Å². The molecule has 0 aromatic heterocycles. The van der Waals surface area contributed by atoms with Crippen LogP contribution in [0.1, 0.15) is 50.2 Å². The summed E-state index contributed by atoms with van der Waals surface area (Å²) in [5.41, 5.74) is 2.14. The lowest BCUT2D eigenvalue weighted by molar-refractivity contribution is -0.143. The molecule has 2 aliphatic heterocycles. The van der Waals surface area contributed by atoms with Gasteiger partial charge in [-0.05, 0) is 36.8 Å². The van der Waals surface area contributed by atoms with Gasteiger partial charge in [0.1, 0.15) is 4.93 Å². The zero-order valence-corrected chi connectivity index (χ0v) is 20.6. The Morgan fingerprint density at radius 1 is 1.03 bits per heavy atom. The average molecular weight is 483 g/mol. The maximum atomic E-state index is 13.6. The summed E-state index contributed by atoms with van der Waals surface area (Å²) in [5.74, 6) is 0.519. The third kappa shape index (κ3) is 5.58. The van der Waals surface area contributed by atoms with Crippen molar-refractivity contribution in [3.63, 3.8) is 0 Å². The van der Waals surface area contributed by atoms with Crippen LogP contribution in [0, 0.1) is 0 Å². The van der Waals surface area contributed by atoms with Gasteiger partial charge in [0.2, 0.25) is 0 Å². The van der Waals surface area contributed by atoms with E-state index in [1.807, 2.05) is 77.4 Å². The number of aliphatic hydroxyl groups is 1. The topological polar surface area (TPSA) is 70.1 Å². The van der Waals surface area contributed by atoms with Crippen LogP contribution in [-0.2, 0) is 22.6 Å². The summed E-state index contributed by atoms with van der Waals surface area (Å²) in [6.45, 7) is 3.43. The second-order valence-corrected chi connectivity index (χ2v) is 10.4. The highest BCUT2D eigenvalue weighted by Gasteiger charge is 2.59. The maximum Gasteiger partial charge on any atom is 0.321 e. The van der Waals surface area contributed by atoms with Crippen LogP contribution in [0.4, 0.5) is 4.79 Å². The number of urea groups is 1. The lowest BCUT2D eigenvalue weighted by Gasteiger charge is -2.34. The first kappa shape index (κ1) is 24.6. The molecule has 182 valence electrons. The predicted molar refractivity (Wildman–Crippen MR) is 134 cm³/mol. The van der Waals surface area contributed by atoms with Gasteiger partial charge in [-0.3, -0.25) is 4.79 Å². The molecule has 2 aromatic carbocycles. The van der Waals surface area contributed by atoms with Gasteiger partial charge in [0.05, 0.1) is 18.7 Å². The highest BCUT2D eigenvalue weighted by molar-refractivity contribution is 8.00. The van der Waals surface area contributed by atoms with Crippen molar-refractivity contribution in [2.75, 3.05) is 12.4 Å². The van der Waals surface area contributed by atoms with Crippen molar-refractivity contribution < 1.29 is 19.4 Å². The number of hydrogen-bond donors (Lipinski definition) is 1. The SMILES string of the molecule is CCCOC(=O)CCCCC1(O)SC[C@@H]2[C@H]1N(Cc1ccccc1)C(=O)N2Cc1ccccc1. The van der Waals surface area contributed by atoms with Crippen molar-refractivity contribution in [2.45, 2.75) is 69.1 Å². The van der Waals surface area contributed by atoms with Crippen molar-refractivity contribution in [1.82, 2.24) is 9.80 Å². The highest BCUT2D eigenvalue weighted by atomic mass is 32.2. The summed E-state index contributed by atoms with van der Waals surface area (Å²) in [4.78, 5) is 28.2. The second kappa shape index (κ2) is 11.3. The van der Waals surface area contributed by atoms with Crippen LogP contribution in [-0.4, -0.2) is 56.3 Å². The molecule has 1 N–H and O–H groups in total. The molecular formula is C27H34N2O4S. The number of ether oxygens (including phenoxy) is 1. The fraction of sp³-hybridized carbons (Fsp3) is 0.481. The minimum absolute atomic E-state index is 0.0235. The summed E-state index contributed by atoms with van der Waals surface area (Å²) in [7, 11) is 0. The maximum absolute atomic E-state index is 13.6. The molecule has 4 rings (SSSR count). The molecule has 2 fully saturated rings. The molecule has 0 bridgehead atoms. The first-order chi connectivity index (χ1) is 16.5. The summed E-state index contributed by atoms with van der Waals surface area (Å²) in [5, 5.41) is 11.7. The largest absolute Gasteiger partial charge is 0.466 e. The Morgan fingerprint density at radius 3 is 2.26 bits per heavy atom. The molecule has 6 nitrogen and oxygen atoms in total. The molecular weight excluding hydrogens is 448 g/mol. The zero-order chi connectivity index (χ0) is 24.0. The molecule has 3 atom stereocenters. The van der Waals surface area contributed by atoms with Crippen molar-refractivity contribution in [2.24, 2.45) is 0 Å². The van der Waals surface area contributed by atoms with Gasteiger partial charge >= 0.3 is 12.0 Å².